The lowest BCUT2D eigenvalue weighted by atomic mass is 9.86. The molecule has 1 aliphatic carbocycles. The smallest absolute Gasteiger partial charge is 0.160 e. The van der Waals surface area contributed by atoms with Crippen LogP contribution in [0.5, 0.6) is 11.5 Å². The number of hydrogen-bond acceptors (Lipinski definition) is 3. The Balaban J connectivity index is 1.87. The summed E-state index contributed by atoms with van der Waals surface area (Å²) in [6.45, 7) is 3.48. The Labute approximate surface area is 129 Å². The molecule has 0 amide bonds. The maximum absolute atomic E-state index is 5.37. The average Bonchev–Trinajstić information content (AvgIpc) is 2.52. The van der Waals surface area contributed by atoms with E-state index in [2.05, 4.69) is 31.0 Å². The molecule has 118 valence electrons. The SMILES string of the molecule is COc1ccc(CCN(C)C2CCC(C)CC2)cc1OC. The highest BCUT2D eigenvalue weighted by molar-refractivity contribution is 5.42. The Morgan fingerprint density at radius 1 is 1.05 bits per heavy atom. The summed E-state index contributed by atoms with van der Waals surface area (Å²) in [5.41, 5.74) is 1.31. The monoisotopic (exact) mass is 291 g/mol. The van der Waals surface area contributed by atoms with Gasteiger partial charge < -0.3 is 14.4 Å². The van der Waals surface area contributed by atoms with Gasteiger partial charge in [0.25, 0.3) is 0 Å². The van der Waals surface area contributed by atoms with Gasteiger partial charge in [0.1, 0.15) is 0 Å². The first-order valence-corrected chi connectivity index (χ1v) is 8.05. The summed E-state index contributed by atoms with van der Waals surface area (Å²) in [6.07, 6.45) is 6.52. The lowest BCUT2D eigenvalue weighted by Gasteiger charge is -2.33. The molecule has 1 saturated carbocycles. The standard InChI is InChI=1S/C18H29NO2/c1-14-5-8-16(9-6-14)19(2)12-11-15-7-10-17(20-3)18(13-15)21-4/h7,10,13-14,16H,5-6,8-9,11-12H2,1-4H3. The molecule has 0 unspecified atom stereocenters. The number of likely N-dealkylation sites (N-methyl/N-ethyl adjacent to an activating group) is 1. The minimum absolute atomic E-state index is 0.765. The molecule has 0 bridgehead atoms. The van der Waals surface area contributed by atoms with Gasteiger partial charge in [-0.3, -0.25) is 0 Å². The predicted octanol–water partition coefficient (Wildman–Crippen LogP) is 3.76. The highest BCUT2D eigenvalue weighted by Gasteiger charge is 2.21. The molecule has 1 aliphatic rings. The molecule has 1 fully saturated rings. The van der Waals surface area contributed by atoms with Crippen LogP contribution in [0.2, 0.25) is 0 Å². The van der Waals surface area contributed by atoms with Crippen LogP contribution in [0, 0.1) is 5.92 Å². The first-order valence-electron chi connectivity index (χ1n) is 8.05. The highest BCUT2D eigenvalue weighted by atomic mass is 16.5. The molecule has 0 aliphatic heterocycles. The Kier molecular flexibility index (Phi) is 5.92. The van der Waals surface area contributed by atoms with Crippen molar-refractivity contribution < 1.29 is 9.47 Å². The largest absolute Gasteiger partial charge is 0.493 e. The average molecular weight is 291 g/mol. The van der Waals surface area contributed by atoms with Gasteiger partial charge in [0.05, 0.1) is 14.2 Å². The molecular weight excluding hydrogens is 262 g/mol. The van der Waals surface area contributed by atoms with Gasteiger partial charge in [-0.15, -0.1) is 0 Å². The van der Waals surface area contributed by atoms with E-state index >= 15 is 0 Å². The summed E-state index contributed by atoms with van der Waals surface area (Å²) >= 11 is 0. The number of benzene rings is 1. The Morgan fingerprint density at radius 3 is 2.33 bits per heavy atom. The van der Waals surface area contributed by atoms with E-state index in [0.717, 1.165) is 36.4 Å². The van der Waals surface area contributed by atoms with E-state index < -0.39 is 0 Å². The van der Waals surface area contributed by atoms with Crippen LogP contribution in [-0.2, 0) is 6.42 Å². The molecule has 0 radical (unpaired) electrons. The third-order valence-electron chi connectivity index (χ3n) is 4.81. The number of ether oxygens (including phenoxy) is 2. The van der Waals surface area contributed by atoms with E-state index in [0.29, 0.717) is 0 Å². The van der Waals surface area contributed by atoms with E-state index in [1.807, 2.05) is 6.07 Å². The second-order valence-electron chi connectivity index (χ2n) is 6.33. The second kappa shape index (κ2) is 7.69. The van der Waals surface area contributed by atoms with Gasteiger partial charge in [0.2, 0.25) is 0 Å². The molecule has 1 aromatic rings. The molecule has 3 nitrogen and oxygen atoms in total. The van der Waals surface area contributed by atoms with E-state index in [1.54, 1.807) is 14.2 Å². The van der Waals surface area contributed by atoms with E-state index in [-0.39, 0.29) is 0 Å². The van der Waals surface area contributed by atoms with Crippen molar-refractivity contribution in [2.24, 2.45) is 5.92 Å². The lowest BCUT2D eigenvalue weighted by Crippen LogP contribution is -2.36. The van der Waals surface area contributed by atoms with Crippen LogP contribution in [-0.4, -0.2) is 38.8 Å². The summed E-state index contributed by atoms with van der Waals surface area (Å²) in [6, 6.07) is 6.99. The van der Waals surface area contributed by atoms with Gasteiger partial charge in [-0.2, -0.15) is 0 Å². The summed E-state index contributed by atoms with van der Waals surface area (Å²) in [7, 11) is 5.63. The summed E-state index contributed by atoms with van der Waals surface area (Å²) in [4.78, 5) is 2.53. The quantitative estimate of drug-likeness (QED) is 0.796. The van der Waals surface area contributed by atoms with E-state index in [4.69, 9.17) is 9.47 Å². The van der Waals surface area contributed by atoms with Crippen molar-refractivity contribution in [3.05, 3.63) is 23.8 Å². The van der Waals surface area contributed by atoms with Gasteiger partial charge in [0.15, 0.2) is 11.5 Å². The van der Waals surface area contributed by atoms with Crippen molar-refractivity contribution in [1.29, 1.82) is 0 Å². The number of nitrogens with zero attached hydrogens (tertiary/aromatic N) is 1. The number of methoxy groups -OCH3 is 2. The molecule has 2 rings (SSSR count). The highest BCUT2D eigenvalue weighted by Crippen LogP contribution is 2.29. The summed E-state index contributed by atoms with van der Waals surface area (Å²) < 4.78 is 10.7. The Morgan fingerprint density at radius 2 is 1.71 bits per heavy atom. The predicted molar refractivity (Wildman–Crippen MR) is 87.3 cm³/mol. The molecular formula is C18H29NO2. The van der Waals surface area contributed by atoms with Crippen LogP contribution < -0.4 is 9.47 Å². The third kappa shape index (κ3) is 4.37. The topological polar surface area (TPSA) is 21.7 Å². The van der Waals surface area contributed by atoms with Crippen LogP contribution >= 0.6 is 0 Å². The molecule has 0 heterocycles. The first kappa shape index (κ1) is 16.2. The van der Waals surface area contributed by atoms with Crippen molar-refractivity contribution >= 4 is 0 Å². The van der Waals surface area contributed by atoms with Crippen LogP contribution in [0.1, 0.15) is 38.2 Å². The molecule has 0 aromatic heterocycles. The van der Waals surface area contributed by atoms with Gasteiger partial charge in [-0.1, -0.05) is 13.0 Å². The molecule has 1 aromatic carbocycles. The molecule has 0 N–H and O–H groups in total. The van der Waals surface area contributed by atoms with Crippen molar-refractivity contribution in [3.8, 4) is 11.5 Å². The van der Waals surface area contributed by atoms with Crippen molar-refractivity contribution in [3.63, 3.8) is 0 Å². The third-order valence-corrected chi connectivity index (χ3v) is 4.81. The fraction of sp³-hybridized carbons (Fsp3) is 0.667. The van der Waals surface area contributed by atoms with Gasteiger partial charge in [-0.25, -0.2) is 0 Å². The molecule has 3 heteroatoms. The zero-order valence-electron chi connectivity index (χ0n) is 13.9. The Hall–Kier alpha value is -1.22. The number of rotatable bonds is 6. The van der Waals surface area contributed by atoms with Crippen LogP contribution in [0.15, 0.2) is 18.2 Å². The number of hydrogen-bond donors (Lipinski definition) is 0. The van der Waals surface area contributed by atoms with E-state index in [1.165, 1.54) is 31.2 Å². The van der Waals surface area contributed by atoms with Gasteiger partial charge >= 0.3 is 0 Å². The van der Waals surface area contributed by atoms with Gasteiger partial charge in [-0.05, 0) is 62.8 Å². The summed E-state index contributed by atoms with van der Waals surface area (Å²) in [5, 5.41) is 0. The maximum Gasteiger partial charge on any atom is 0.160 e. The van der Waals surface area contributed by atoms with Crippen molar-refractivity contribution in [2.45, 2.75) is 45.1 Å². The van der Waals surface area contributed by atoms with Crippen molar-refractivity contribution in [2.75, 3.05) is 27.8 Å². The second-order valence-corrected chi connectivity index (χ2v) is 6.33. The molecule has 21 heavy (non-hydrogen) atoms. The van der Waals surface area contributed by atoms with Crippen LogP contribution in [0.25, 0.3) is 0 Å². The zero-order chi connectivity index (χ0) is 15.2. The van der Waals surface area contributed by atoms with Gasteiger partial charge in [0, 0.05) is 12.6 Å². The van der Waals surface area contributed by atoms with Crippen molar-refractivity contribution in [1.82, 2.24) is 4.90 Å². The fourth-order valence-corrected chi connectivity index (χ4v) is 3.21. The van der Waals surface area contributed by atoms with Crippen LogP contribution in [0.3, 0.4) is 0 Å². The molecule has 0 spiro atoms. The minimum atomic E-state index is 0.765. The first-order chi connectivity index (χ1) is 10.1. The maximum atomic E-state index is 5.37. The minimum Gasteiger partial charge on any atom is -0.493 e. The normalized spacial score (nSPS) is 22.3. The lowest BCUT2D eigenvalue weighted by molar-refractivity contribution is 0.172. The van der Waals surface area contributed by atoms with E-state index in [9.17, 15) is 0 Å². The van der Waals surface area contributed by atoms with Crippen LogP contribution in [0.4, 0.5) is 0 Å². The summed E-state index contributed by atoms with van der Waals surface area (Å²) in [5.74, 6) is 2.54. The molecule has 0 atom stereocenters. The fourth-order valence-electron chi connectivity index (χ4n) is 3.21. The zero-order valence-corrected chi connectivity index (χ0v) is 13.9. The molecule has 0 saturated heterocycles. The Bertz CT molecular complexity index is 439.